The molecule has 0 atom stereocenters. The molecule has 0 bridgehead atoms. The first kappa shape index (κ1) is 11.9. The number of nitrogens with zero attached hydrogens (tertiary/aromatic N) is 1. The Morgan fingerprint density at radius 3 is 2.69 bits per heavy atom. The monoisotopic (exact) mass is 236 g/mol. The van der Waals surface area contributed by atoms with E-state index in [9.17, 15) is 0 Å². The molecule has 1 N–H and O–H groups in total. The molecule has 1 aromatic heterocycles. The van der Waals surface area contributed by atoms with Crippen LogP contribution in [-0.2, 0) is 0 Å². The number of aromatic nitrogens is 1. The number of rotatable bonds is 5. The van der Waals surface area contributed by atoms with Crippen LogP contribution in [-0.4, -0.2) is 23.3 Å². The molecule has 1 aliphatic carbocycles. The van der Waals surface area contributed by atoms with Gasteiger partial charge in [0.2, 0.25) is 0 Å². The van der Waals surface area contributed by atoms with Crippen molar-refractivity contribution in [3.05, 3.63) is 24.5 Å². The second-order valence-corrected chi connectivity index (χ2v) is 5.49. The zero-order valence-electron chi connectivity index (χ0n) is 9.69. The molecule has 2 rings (SSSR count). The lowest BCUT2D eigenvalue weighted by Gasteiger charge is -2.22. The van der Waals surface area contributed by atoms with Gasteiger partial charge in [0.1, 0.15) is 0 Å². The van der Waals surface area contributed by atoms with E-state index in [1.165, 1.54) is 37.0 Å². The first-order chi connectivity index (χ1) is 7.95. The molecule has 16 heavy (non-hydrogen) atoms. The number of thioether (sulfide) groups is 1. The minimum atomic E-state index is 0.784. The highest BCUT2D eigenvalue weighted by atomic mass is 32.2. The largest absolute Gasteiger partial charge is 0.313 e. The zero-order chi connectivity index (χ0) is 11.1. The number of pyridine rings is 1. The smallest absolute Gasteiger partial charge is 0.0278 e. The molecule has 0 aliphatic heterocycles. The summed E-state index contributed by atoms with van der Waals surface area (Å²) in [7, 11) is 0. The third kappa shape index (κ3) is 4.14. The van der Waals surface area contributed by atoms with E-state index in [4.69, 9.17) is 0 Å². The van der Waals surface area contributed by atoms with Crippen molar-refractivity contribution in [3.8, 4) is 0 Å². The van der Waals surface area contributed by atoms with Crippen molar-refractivity contribution in [2.24, 2.45) is 0 Å². The van der Waals surface area contributed by atoms with Gasteiger partial charge in [-0.2, -0.15) is 0 Å². The summed E-state index contributed by atoms with van der Waals surface area (Å²) in [6.45, 7) is 1.12. The summed E-state index contributed by atoms with van der Waals surface area (Å²) in [6.07, 6.45) is 10.7. The molecular formula is C13H20N2S. The Labute approximate surface area is 102 Å². The molecule has 0 saturated heterocycles. The van der Waals surface area contributed by atoms with Gasteiger partial charge < -0.3 is 5.32 Å². The van der Waals surface area contributed by atoms with Crippen LogP contribution in [0.3, 0.4) is 0 Å². The lowest BCUT2D eigenvalue weighted by atomic mass is 9.96. The van der Waals surface area contributed by atoms with Gasteiger partial charge in [-0.3, -0.25) is 4.98 Å². The van der Waals surface area contributed by atoms with Crippen molar-refractivity contribution < 1.29 is 0 Å². The van der Waals surface area contributed by atoms with Crippen LogP contribution in [0.25, 0.3) is 0 Å². The topological polar surface area (TPSA) is 24.9 Å². The van der Waals surface area contributed by atoms with Gasteiger partial charge in [0, 0.05) is 35.6 Å². The van der Waals surface area contributed by atoms with E-state index in [1.807, 2.05) is 24.2 Å². The molecule has 1 heterocycles. The first-order valence-electron chi connectivity index (χ1n) is 6.21. The Hall–Kier alpha value is -0.540. The van der Waals surface area contributed by atoms with E-state index < -0.39 is 0 Å². The second kappa shape index (κ2) is 6.92. The van der Waals surface area contributed by atoms with Crippen molar-refractivity contribution in [1.82, 2.24) is 10.3 Å². The Balaban J connectivity index is 1.58. The summed E-state index contributed by atoms with van der Waals surface area (Å²) in [5.41, 5.74) is 0. The van der Waals surface area contributed by atoms with Crippen LogP contribution in [0, 0.1) is 0 Å². The SMILES string of the molecule is c1cc(SCCNC2CCCCC2)ccn1. The van der Waals surface area contributed by atoms with E-state index in [0.717, 1.165) is 18.3 Å². The first-order valence-corrected chi connectivity index (χ1v) is 7.20. The quantitative estimate of drug-likeness (QED) is 0.628. The van der Waals surface area contributed by atoms with Gasteiger partial charge in [-0.1, -0.05) is 19.3 Å². The lowest BCUT2D eigenvalue weighted by molar-refractivity contribution is 0.381. The van der Waals surface area contributed by atoms with Crippen LogP contribution >= 0.6 is 11.8 Å². The van der Waals surface area contributed by atoms with Crippen molar-refractivity contribution in [2.45, 2.75) is 43.0 Å². The highest BCUT2D eigenvalue weighted by Gasteiger charge is 2.11. The molecule has 0 aromatic carbocycles. The molecule has 1 aliphatic rings. The minimum absolute atomic E-state index is 0.784. The molecule has 0 unspecified atom stereocenters. The molecule has 88 valence electrons. The Kier molecular flexibility index (Phi) is 5.16. The van der Waals surface area contributed by atoms with Crippen LogP contribution in [0.5, 0.6) is 0 Å². The van der Waals surface area contributed by atoms with Gasteiger partial charge >= 0.3 is 0 Å². The summed E-state index contributed by atoms with van der Waals surface area (Å²) in [4.78, 5) is 5.34. The van der Waals surface area contributed by atoms with E-state index >= 15 is 0 Å². The van der Waals surface area contributed by atoms with Crippen molar-refractivity contribution in [1.29, 1.82) is 0 Å². The fourth-order valence-corrected chi connectivity index (χ4v) is 2.94. The van der Waals surface area contributed by atoms with Gasteiger partial charge in [-0.05, 0) is 25.0 Å². The predicted molar refractivity (Wildman–Crippen MR) is 69.8 cm³/mol. The molecule has 2 nitrogen and oxygen atoms in total. The van der Waals surface area contributed by atoms with Crippen LogP contribution in [0.2, 0.25) is 0 Å². The molecule has 1 fully saturated rings. The average molecular weight is 236 g/mol. The van der Waals surface area contributed by atoms with Gasteiger partial charge in [-0.15, -0.1) is 11.8 Å². The molecular weight excluding hydrogens is 216 g/mol. The summed E-state index contributed by atoms with van der Waals surface area (Å²) < 4.78 is 0. The Morgan fingerprint density at radius 2 is 1.94 bits per heavy atom. The lowest BCUT2D eigenvalue weighted by Crippen LogP contribution is -2.32. The predicted octanol–water partition coefficient (Wildman–Crippen LogP) is 3.10. The fraction of sp³-hybridized carbons (Fsp3) is 0.615. The molecule has 0 amide bonds. The third-order valence-electron chi connectivity index (χ3n) is 3.06. The fourth-order valence-electron chi connectivity index (χ4n) is 2.17. The summed E-state index contributed by atoms with van der Waals surface area (Å²) in [6, 6.07) is 4.93. The summed E-state index contributed by atoms with van der Waals surface area (Å²) in [5, 5.41) is 3.66. The van der Waals surface area contributed by atoms with Gasteiger partial charge in [-0.25, -0.2) is 0 Å². The zero-order valence-corrected chi connectivity index (χ0v) is 10.5. The van der Waals surface area contributed by atoms with Crippen molar-refractivity contribution in [3.63, 3.8) is 0 Å². The minimum Gasteiger partial charge on any atom is -0.313 e. The van der Waals surface area contributed by atoms with Crippen LogP contribution in [0.1, 0.15) is 32.1 Å². The number of nitrogens with one attached hydrogen (secondary N) is 1. The number of hydrogen-bond acceptors (Lipinski definition) is 3. The maximum atomic E-state index is 4.02. The van der Waals surface area contributed by atoms with E-state index in [1.54, 1.807) is 0 Å². The molecule has 1 aromatic rings. The van der Waals surface area contributed by atoms with Crippen LogP contribution in [0.15, 0.2) is 29.4 Å². The molecule has 1 saturated carbocycles. The summed E-state index contributed by atoms with van der Waals surface area (Å²) in [5.74, 6) is 1.15. The standard InChI is InChI=1S/C13H20N2S/c1-2-4-12(5-3-1)15-10-11-16-13-6-8-14-9-7-13/h6-9,12,15H,1-5,10-11H2. The van der Waals surface area contributed by atoms with E-state index in [2.05, 4.69) is 22.4 Å². The Bertz CT molecular complexity index is 283. The average Bonchev–Trinajstić information content (AvgIpc) is 2.37. The van der Waals surface area contributed by atoms with E-state index in [0.29, 0.717) is 0 Å². The van der Waals surface area contributed by atoms with Gasteiger partial charge in [0.25, 0.3) is 0 Å². The second-order valence-electron chi connectivity index (χ2n) is 4.32. The van der Waals surface area contributed by atoms with Gasteiger partial charge in [0.15, 0.2) is 0 Å². The molecule has 3 heteroatoms. The third-order valence-corrected chi connectivity index (χ3v) is 4.07. The number of hydrogen-bond donors (Lipinski definition) is 1. The van der Waals surface area contributed by atoms with Crippen LogP contribution < -0.4 is 5.32 Å². The highest BCUT2D eigenvalue weighted by Crippen LogP contribution is 2.18. The maximum absolute atomic E-state index is 4.02. The normalized spacial score (nSPS) is 17.5. The molecule has 0 spiro atoms. The van der Waals surface area contributed by atoms with E-state index in [-0.39, 0.29) is 0 Å². The van der Waals surface area contributed by atoms with Crippen LogP contribution in [0.4, 0.5) is 0 Å². The highest BCUT2D eigenvalue weighted by molar-refractivity contribution is 7.99. The Morgan fingerprint density at radius 1 is 1.19 bits per heavy atom. The van der Waals surface area contributed by atoms with Crippen molar-refractivity contribution in [2.75, 3.05) is 12.3 Å². The summed E-state index contributed by atoms with van der Waals surface area (Å²) >= 11 is 1.91. The maximum Gasteiger partial charge on any atom is 0.0278 e. The van der Waals surface area contributed by atoms with Gasteiger partial charge in [0.05, 0.1) is 0 Å². The van der Waals surface area contributed by atoms with Crippen molar-refractivity contribution >= 4 is 11.8 Å². The molecule has 0 radical (unpaired) electrons.